The van der Waals surface area contributed by atoms with Crippen molar-refractivity contribution in [3.63, 3.8) is 0 Å². The summed E-state index contributed by atoms with van der Waals surface area (Å²) in [5, 5.41) is 9.84. The Morgan fingerprint density at radius 2 is 2.11 bits per heavy atom. The summed E-state index contributed by atoms with van der Waals surface area (Å²) in [5.41, 5.74) is 2.10. The third-order valence-electron chi connectivity index (χ3n) is 3.47. The maximum atomic E-state index is 9.84. The van der Waals surface area contributed by atoms with Crippen LogP contribution >= 0.6 is 0 Å². The van der Waals surface area contributed by atoms with Crippen LogP contribution in [0.15, 0.2) is 36.7 Å². The zero-order valence-electron chi connectivity index (χ0n) is 10.5. The molecule has 4 nitrogen and oxygen atoms in total. The van der Waals surface area contributed by atoms with Crippen molar-refractivity contribution in [1.82, 2.24) is 9.55 Å². The summed E-state index contributed by atoms with van der Waals surface area (Å²) >= 11 is 0. The number of aliphatic hydroxyl groups is 1. The molecule has 1 atom stereocenters. The molecule has 0 saturated heterocycles. The van der Waals surface area contributed by atoms with E-state index < -0.39 is 6.10 Å². The standard InChI is InChI=1S/C14H17N3O/c1-11(18)12-4-2-3-5-13(12)17-9-8-16-7-6-15-14(16)10-17/h2-7,11,18H,8-10H2,1H3/t11-/m1/s1. The average molecular weight is 243 g/mol. The Bertz CT molecular complexity index is 547. The number of aromatic nitrogens is 2. The van der Waals surface area contributed by atoms with Crippen LogP contribution in [0.3, 0.4) is 0 Å². The highest BCUT2D eigenvalue weighted by atomic mass is 16.3. The second-order valence-electron chi connectivity index (χ2n) is 4.69. The fraction of sp³-hybridized carbons (Fsp3) is 0.357. The highest BCUT2D eigenvalue weighted by Gasteiger charge is 2.19. The normalized spacial score (nSPS) is 16.4. The zero-order valence-corrected chi connectivity index (χ0v) is 10.5. The van der Waals surface area contributed by atoms with Crippen molar-refractivity contribution >= 4 is 5.69 Å². The summed E-state index contributed by atoms with van der Waals surface area (Å²) in [6, 6.07) is 8.04. The number of para-hydroxylation sites is 1. The van der Waals surface area contributed by atoms with Crippen LogP contribution in [0.5, 0.6) is 0 Å². The third-order valence-corrected chi connectivity index (χ3v) is 3.47. The second-order valence-corrected chi connectivity index (χ2v) is 4.69. The number of rotatable bonds is 2. The molecular weight excluding hydrogens is 226 g/mol. The predicted molar refractivity (Wildman–Crippen MR) is 70.4 cm³/mol. The van der Waals surface area contributed by atoms with Gasteiger partial charge in [0.25, 0.3) is 0 Å². The Morgan fingerprint density at radius 1 is 1.28 bits per heavy atom. The van der Waals surface area contributed by atoms with Crippen LogP contribution in [-0.2, 0) is 13.1 Å². The van der Waals surface area contributed by atoms with Crippen LogP contribution in [-0.4, -0.2) is 21.2 Å². The molecule has 0 aliphatic carbocycles. The molecule has 94 valence electrons. The first kappa shape index (κ1) is 11.3. The van der Waals surface area contributed by atoms with Gasteiger partial charge in [-0.05, 0) is 13.0 Å². The lowest BCUT2D eigenvalue weighted by Gasteiger charge is -2.31. The summed E-state index contributed by atoms with van der Waals surface area (Å²) in [6.07, 6.45) is 3.43. The molecule has 18 heavy (non-hydrogen) atoms. The maximum Gasteiger partial charge on any atom is 0.128 e. The van der Waals surface area contributed by atoms with Gasteiger partial charge in [-0.2, -0.15) is 0 Å². The van der Waals surface area contributed by atoms with E-state index in [9.17, 15) is 5.11 Å². The topological polar surface area (TPSA) is 41.3 Å². The number of hydrogen-bond acceptors (Lipinski definition) is 3. The van der Waals surface area contributed by atoms with Gasteiger partial charge in [-0.1, -0.05) is 18.2 Å². The van der Waals surface area contributed by atoms with Crippen molar-refractivity contribution in [2.75, 3.05) is 11.4 Å². The van der Waals surface area contributed by atoms with Crippen molar-refractivity contribution in [1.29, 1.82) is 0 Å². The molecule has 2 heterocycles. The molecule has 0 unspecified atom stereocenters. The van der Waals surface area contributed by atoms with Gasteiger partial charge in [0.2, 0.25) is 0 Å². The summed E-state index contributed by atoms with van der Waals surface area (Å²) in [7, 11) is 0. The van der Waals surface area contributed by atoms with E-state index in [1.165, 1.54) is 0 Å². The maximum absolute atomic E-state index is 9.84. The largest absolute Gasteiger partial charge is 0.389 e. The van der Waals surface area contributed by atoms with Gasteiger partial charge in [-0.3, -0.25) is 0 Å². The fourth-order valence-electron chi connectivity index (χ4n) is 2.51. The van der Waals surface area contributed by atoms with Crippen LogP contribution in [0.25, 0.3) is 0 Å². The van der Waals surface area contributed by atoms with Crippen LogP contribution in [0.1, 0.15) is 24.4 Å². The van der Waals surface area contributed by atoms with Crippen LogP contribution < -0.4 is 4.90 Å². The Morgan fingerprint density at radius 3 is 2.94 bits per heavy atom. The molecule has 0 spiro atoms. The molecule has 0 radical (unpaired) electrons. The van der Waals surface area contributed by atoms with Crippen molar-refractivity contribution in [2.45, 2.75) is 26.1 Å². The first-order chi connectivity index (χ1) is 8.75. The molecule has 0 amide bonds. The van der Waals surface area contributed by atoms with Gasteiger partial charge in [0.1, 0.15) is 5.82 Å². The monoisotopic (exact) mass is 243 g/mol. The van der Waals surface area contributed by atoms with E-state index in [0.717, 1.165) is 36.7 Å². The highest BCUT2D eigenvalue weighted by molar-refractivity contribution is 5.54. The van der Waals surface area contributed by atoms with Crippen LogP contribution in [0.4, 0.5) is 5.69 Å². The molecule has 0 fully saturated rings. The number of aliphatic hydroxyl groups excluding tert-OH is 1. The quantitative estimate of drug-likeness (QED) is 0.876. The predicted octanol–water partition coefficient (Wildman–Crippen LogP) is 1.96. The molecule has 1 aliphatic heterocycles. The third kappa shape index (κ3) is 1.88. The number of benzene rings is 1. The average Bonchev–Trinajstić information content (AvgIpc) is 2.85. The molecule has 3 rings (SSSR count). The van der Waals surface area contributed by atoms with Crippen molar-refractivity contribution < 1.29 is 5.11 Å². The zero-order chi connectivity index (χ0) is 12.5. The van der Waals surface area contributed by atoms with Crippen LogP contribution in [0, 0.1) is 0 Å². The summed E-state index contributed by atoms with van der Waals surface area (Å²) in [4.78, 5) is 6.65. The SMILES string of the molecule is C[C@@H](O)c1ccccc1N1CCn2ccnc2C1. The minimum absolute atomic E-state index is 0.442. The van der Waals surface area contributed by atoms with Crippen molar-refractivity contribution in [3.05, 3.63) is 48.0 Å². The summed E-state index contributed by atoms with van der Waals surface area (Å²) in [6.45, 7) is 4.51. The lowest BCUT2D eigenvalue weighted by molar-refractivity contribution is 0.199. The smallest absolute Gasteiger partial charge is 0.128 e. The minimum Gasteiger partial charge on any atom is -0.389 e. The number of imidazole rings is 1. The van der Waals surface area contributed by atoms with Gasteiger partial charge in [-0.25, -0.2) is 4.98 Å². The molecule has 4 heteroatoms. The van der Waals surface area contributed by atoms with Gasteiger partial charge in [0, 0.05) is 36.7 Å². The number of anilines is 1. The fourth-order valence-corrected chi connectivity index (χ4v) is 2.51. The van der Waals surface area contributed by atoms with E-state index in [0.29, 0.717) is 0 Å². The molecule has 1 aliphatic rings. The first-order valence-corrected chi connectivity index (χ1v) is 6.27. The molecular formula is C14H17N3O. The van der Waals surface area contributed by atoms with Gasteiger partial charge >= 0.3 is 0 Å². The van der Waals surface area contributed by atoms with E-state index in [-0.39, 0.29) is 0 Å². The lowest BCUT2D eigenvalue weighted by atomic mass is 10.1. The van der Waals surface area contributed by atoms with Crippen molar-refractivity contribution in [2.24, 2.45) is 0 Å². The number of hydrogen-bond donors (Lipinski definition) is 1. The molecule has 0 bridgehead atoms. The Labute approximate surface area is 107 Å². The molecule has 1 aromatic carbocycles. The van der Waals surface area contributed by atoms with Gasteiger partial charge < -0.3 is 14.6 Å². The first-order valence-electron chi connectivity index (χ1n) is 6.27. The number of nitrogens with zero attached hydrogens (tertiary/aromatic N) is 3. The van der Waals surface area contributed by atoms with Gasteiger partial charge in [-0.15, -0.1) is 0 Å². The summed E-state index contributed by atoms with van der Waals surface area (Å²) in [5.74, 6) is 1.08. The molecule has 0 saturated carbocycles. The second kappa shape index (κ2) is 4.46. The van der Waals surface area contributed by atoms with Gasteiger partial charge in [0.15, 0.2) is 0 Å². The molecule has 1 aromatic heterocycles. The van der Waals surface area contributed by atoms with Crippen molar-refractivity contribution in [3.8, 4) is 0 Å². The van der Waals surface area contributed by atoms with E-state index in [1.54, 1.807) is 0 Å². The molecule has 2 aromatic rings. The summed E-state index contributed by atoms with van der Waals surface area (Å²) < 4.78 is 2.18. The Balaban J connectivity index is 1.93. The van der Waals surface area contributed by atoms with E-state index in [1.807, 2.05) is 37.5 Å². The molecule has 1 N–H and O–H groups in total. The van der Waals surface area contributed by atoms with E-state index in [2.05, 4.69) is 20.5 Å². The number of fused-ring (bicyclic) bond motifs is 1. The lowest BCUT2D eigenvalue weighted by Crippen LogP contribution is -2.34. The van der Waals surface area contributed by atoms with E-state index in [4.69, 9.17) is 0 Å². The van der Waals surface area contributed by atoms with Gasteiger partial charge in [0.05, 0.1) is 12.6 Å². The van der Waals surface area contributed by atoms with Crippen LogP contribution in [0.2, 0.25) is 0 Å². The highest BCUT2D eigenvalue weighted by Crippen LogP contribution is 2.28. The minimum atomic E-state index is -0.442. The Kier molecular flexibility index (Phi) is 2.80. The Hall–Kier alpha value is -1.81. The van der Waals surface area contributed by atoms with E-state index >= 15 is 0 Å².